The van der Waals surface area contributed by atoms with Gasteiger partial charge in [0.1, 0.15) is 0 Å². The Morgan fingerprint density at radius 2 is 2.00 bits per heavy atom. The van der Waals surface area contributed by atoms with E-state index in [-0.39, 0.29) is 0 Å². The maximum atomic E-state index is 10.8. The van der Waals surface area contributed by atoms with Gasteiger partial charge in [0.15, 0.2) is 0 Å². The molecule has 1 rings (SSSR count). The molecule has 14 heavy (non-hydrogen) atoms. The van der Waals surface area contributed by atoms with Gasteiger partial charge in [-0.3, -0.25) is 0 Å². The van der Waals surface area contributed by atoms with Crippen LogP contribution in [-0.2, 0) is 0 Å². The number of hydrogen-bond donors (Lipinski definition) is 1. The Hall–Kier alpha value is -0.610. The molecule has 4 heteroatoms. The topological polar surface area (TPSA) is 37.3 Å². The SMILES string of the molecule is CC(C)SSc1ccccc1C(=O)O. The molecule has 0 unspecified atom stereocenters. The number of hydrogen-bond acceptors (Lipinski definition) is 3. The molecule has 1 aromatic carbocycles. The Bertz CT molecular complexity index is 324. The summed E-state index contributed by atoms with van der Waals surface area (Å²) in [6, 6.07) is 7.07. The number of carbonyl (C=O) groups is 1. The number of carboxylic acid groups (broad SMARTS) is 1. The number of rotatable bonds is 4. The monoisotopic (exact) mass is 228 g/mol. The van der Waals surface area contributed by atoms with Gasteiger partial charge in [-0.1, -0.05) is 47.6 Å². The van der Waals surface area contributed by atoms with Gasteiger partial charge in [0.05, 0.1) is 5.56 Å². The normalized spacial score (nSPS) is 10.5. The summed E-state index contributed by atoms with van der Waals surface area (Å²) >= 11 is 0. The van der Waals surface area contributed by atoms with Crippen LogP contribution < -0.4 is 0 Å². The molecule has 76 valence electrons. The lowest BCUT2D eigenvalue weighted by molar-refractivity contribution is 0.0693. The largest absolute Gasteiger partial charge is 0.478 e. The van der Waals surface area contributed by atoms with E-state index in [0.717, 1.165) is 4.90 Å². The summed E-state index contributed by atoms with van der Waals surface area (Å²) in [5.41, 5.74) is 0.380. The van der Waals surface area contributed by atoms with Crippen LogP contribution in [0.2, 0.25) is 0 Å². The first kappa shape index (κ1) is 11.5. The van der Waals surface area contributed by atoms with E-state index in [1.807, 2.05) is 12.1 Å². The van der Waals surface area contributed by atoms with Crippen LogP contribution in [-0.4, -0.2) is 16.3 Å². The zero-order valence-electron chi connectivity index (χ0n) is 8.06. The van der Waals surface area contributed by atoms with E-state index < -0.39 is 5.97 Å². The highest BCUT2D eigenvalue weighted by molar-refractivity contribution is 8.76. The molecule has 0 aliphatic carbocycles. The summed E-state index contributed by atoms with van der Waals surface area (Å²) in [5.74, 6) is -0.863. The molecule has 0 saturated carbocycles. The Morgan fingerprint density at radius 3 is 2.57 bits per heavy atom. The van der Waals surface area contributed by atoms with Crippen molar-refractivity contribution in [3.63, 3.8) is 0 Å². The molecule has 0 aliphatic heterocycles. The molecule has 1 aromatic rings. The number of benzene rings is 1. The predicted molar refractivity (Wildman–Crippen MR) is 62.0 cm³/mol. The quantitative estimate of drug-likeness (QED) is 0.800. The van der Waals surface area contributed by atoms with Crippen LogP contribution in [0.25, 0.3) is 0 Å². The van der Waals surface area contributed by atoms with E-state index in [1.165, 1.54) is 10.8 Å². The predicted octanol–water partition coefficient (Wildman–Crippen LogP) is 3.53. The smallest absolute Gasteiger partial charge is 0.336 e. The fraction of sp³-hybridized carbons (Fsp3) is 0.300. The fourth-order valence-electron chi connectivity index (χ4n) is 0.864. The van der Waals surface area contributed by atoms with Crippen LogP contribution in [0.15, 0.2) is 29.2 Å². The zero-order valence-corrected chi connectivity index (χ0v) is 9.69. The van der Waals surface area contributed by atoms with Crippen LogP contribution in [0.4, 0.5) is 0 Å². The molecule has 0 saturated heterocycles. The summed E-state index contributed by atoms with van der Waals surface area (Å²) in [5, 5.41) is 9.40. The molecule has 0 fully saturated rings. The molecule has 2 nitrogen and oxygen atoms in total. The van der Waals surface area contributed by atoms with Crippen LogP contribution in [0.5, 0.6) is 0 Å². The van der Waals surface area contributed by atoms with Crippen molar-refractivity contribution in [1.82, 2.24) is 0 Å². The lowest BCUT2D eigenvalue weighted by Gasteiger charge is -2.06. The van der Waals surface area contributed by atoms with Crippen molar-refractivity contribution in [2.45, 2.75) is 24.0 Å². The molecule has 0 heterocycles. The minimum atomic E-state index is -0.863. The summed E-state index contributed by atoms with van der Waals surface area (Å²) in [6.45, 7) is 4.17. The van der Waals surface area contributed by atoms with Gasteiger partial charge < -0.3 is 5.11 Å². The van der Waals surface area contributed by atoms with Crippen LogP contribution in [0, 0.1) is 0 Å². The third kappa shape index (κ3) is 3.27. The average Bonchev–Trinajstić information content (AvgIpc) is 2.15. The Labute approximate surface area is 91.5 Å². The zero-order chi connectivity index (χ0) is 10.6. The molecular weight excluding hydrogens is 216 g/mol. The molecular formula is C10H12O2S2. The molecule has 0 spiro atoms. The first-order chi connectivity index (χ1) is 6.61. The molecule has 0 aromatic heterocycles. The highest BCUT2D eigenvalue weighted by atomic mass is 33.1. The van der Waals surface area contributed by atoms with Crippen molar-refractivity contribution in [3.8, 4) is 0 Å². The van der Waals surface area contributed by atoms with E-state index >= 15 is 0 Å². The standard InChI is InChI=1S/C10H12O2S2/c1-7(2)13-14-9-6-4-3-5-8(9)10(11)12/h3-7H,1-2H3,(H,11,12). The van der Waals surface area contributed by atoms with Gasteiger partial charge in [-0.05, 0) is 12.1 Å². The van der Waals surface area contributed by atoms with E-state index in [0.29, 0.717) is 10.8 Å². The molecule has 0 radical (unpaired) electrons. The first-order valence-corrected chi connectivity index (χ1v) is 6.48. The van der Waals surface area contributed by atoms with Crippen molar-refractivity contribution in [1.29, 1.82) is 0 Å². The van der Waals surface area contributed by atoms with Gasteiger partial charge in [0.2, 0.25) is 0 Å². The highest BCUT2D eigenvalue weighted by Crippen LogP contribution is 2.36. The average molecular weight is 228 g/mol. The maximum Gasteiger partial charge on any atom is 0.336 e. The van der Waals surface area contributed by atoms with Gasteiger partial charge in [-0.2, -0.15) is 0 Å². The maximum absolute atomic E-state index is 10.8. The number of aromatic carboxylic acids is 1. The lowest BCUT2D eigenvalue weighted by Crippen LogP contribution is -1.97. The summed E-state index contributed by atoms with van der Waals surface area (Å²) in [4.78, 5) is 11.7. The first-order valence-electron chi connectivity index (χ1n) is 4.27. The minimum absolute atomic E-state index is 0.380. The third-order valence-corrected chi connectivity index (χ3v) is 4.45. The molecule has 0 amide bonds. The second-order valence-corrected chi connectivity index (χ2v) is 5.85. The summed E-state index contributed by atoms with van der Waals surface area (Å²) in [7, 11) is 3.19. The minimum Gasteiger partial charge on any atom is -0.478 e. The van der Waals surface area contributed by atoms with Gasteiger partial charge in [0, 0.05) is 10.1 Å². The van der Waals surface area contributed by atoms with E-state index in [4.69, 9.17) is 5.11 Å². The van der Waals surface area contributed by atoms with Crippen molar-refractivity contribution in [2.75, 3.05) is 0 Å². The van der Waals surface area contributed by atoms with Crippen LogP contribution >= 0.6 is 21.6 Å². The van der Waals surface area contributed by atoms with E-state index in [9.17, 15) is 4.79 Å². The second-order valence-electron chi connectivity index (χ2n) is 3.03. The Kier molecular flexibility index (Phi) is 4.35. The van der Waals surface area contributed by atoms with Gasteiger partial charge in [0.25, 0.3) is 0 Å². The Balaban J connectivity index is 2.79. The van der Waals surface area contributed by atoms with Crippen molar-refractivity contribution < 1.29 is 9.90 Å². The molecule has 1 N–H and O–H groups in total. The third-order valence-electron chi connectivity index (χ3n) is 1.45. The molecule has 0 atom stereocenters. The summed E-state index contributed by atoms with van der Waals surface area (Å²) < 4.78 is 0. The molecule has 0 bridgehead atoms. The van der Waals surface area contributed by atoms with Gasteiger partial charge in [-0.25, -0.2) is 4.79 Å². The van der Waals surface area contributed by atoms with Crippen molar-refractivity contribution in [3.05, 3.63) is 29.8 Å². The lowest BCUT2D eigenvalue weighted by atomic mass is 10.2. The van der Waals surface area contributed by atoms with Gasteiger partial charge >= 0.3 is 5.97 Å². The summed E-state index contributed by atoms with van der Waals surface area (Å²) in [6.07, 6.45) is 0. The van der Waals surface area contributed by atoms with E-state index in [2.05, 4.69) is 13.8 Å². The second kappa shape index (κ2) is 5.32. The van der Waals surface area contributed by atoms with E-state index in [1.54, 1.807) is 22.9 Å². The highest BCUT2D eigenvalue weighted by Gasteiger charge is 2.09. The molecule has 0 aliphatic rings. The fourth-order valence-corrected chi connectivity index (χ4v) is 2.86. The van der Waals surface area contributed by atoms with Crippen LogP contribution in [0.1, 0.15) is 24.2 Å². The van der Waals surface area contributed by atoms with Crippen LogP contribution in [0.3, 0.4) is 0 Å². The Morgan fingerprint density at radius 1 is 1.36 bits per heavy atom. The van der Waals surface area contributed by atoms with Gasteiger partial charge in [-0.15, -0.1) is 0 Å². The van der Waals surface area contributed by atoms with Crippen molar-refractivity contribution in [2.24, 2.45) is 0 Å². The van der Waals surface area contributed by atoms with Crippen molar-refractivity contribution >= 4 is 27.6 Å². The number of carboxylic acids is 1.